The molecule has 168 valence electrons. The summed E-state index contributed by atoms with van der Waals surface area (Å²) in [6, 6.07) is 36.9. The lowest BCUT2D eigenvalue weighted by Gasteiger charge is -2.12. The Labute approximate surface area is 208 Å². The van der Waals surface area contributed by atoms with Crippen molar-refractivity contribution in [3.63, 3.8) is 0 Å². The van der Waals surface area contributed by atoms with Crippen molar-refractivity contribution in [2.75, 3.05) is 5.43 Å². The zero-order valence-electron chi connectivity index (χ0n) is 18.8. The number of rotatable bonds is 5. The summed E-state index contributed by atoms with van der Waals surface area (Å²) in [5, 5.41) is 7.43. The smallest absolute Gasteiger partial charge is 0.0738 e. The number of pyridine rings is 1. The fourth-order valence-electron chi connectivity index (χ4n) is 4.51. The van der Waals surface area contributed by atoms with Crippen LogP contribution in [0.5, 0.6) is 0 Å². The van der Waals surface area contributed by atoms with Gasteiger partial charge < -0.3 is 4.57 Å². The van der Waals surface area contributed by atoms with Gasteiger partial charge in [0.25, 0.3) is 0 Å². The van der Waals surface area contributed by atoms with Gasteiger partial charge in [-0.05, 0) is 48.0 Å². The number of fused-ring (bicyclic) bond motifs is 2. The van der Waals surface area contributed by atoms with Crippen molar-refractivity contribution >= 4 is 45.3 Å². The van der Waals surface area contributed by atoms with Crippen molar-refractivity contribution < 1.29 is 0 Å². The van der Waals surface area contributed by atoms with Crippen LogP contribution in [0, 0.1) is 0 Å². The van der Waals surface area contributed by atoms with Crippen molar-refractivity contribution in [1.82, 2.24) is 9.55 Å². The van der Waals surface area contributed by atoms with E-state index < -0.39 is 0 Å². The molecule has 6 rings (SSSR count). The largest absolute Gasteiger partial charge is 0.309 e. The van der Waals surface area contributed by atoms with E-state index in [1.807, 2.05) is 42.6 Å². The molecule has 5 heteroatoms. The van der Waals surface area contributed by atoms with E-state index in [1.165, 1.54) is 0 Å². The van der Waals surface area contributed by atoms with Gasteiger partial charge in [-0.25, -0.2) is 0 Å². The van der Waals surface area contributed by atoms with Crippen molar-refractivity contribution in [2.45, 2.75) is 0 Å². The monoisotopic (exact) mass is 472 g/mol. The molecule has 0 amide bonds. The Balaban J connectivity index is 1.52. The molecule has 0 bridgehead atoms. The van der Waals surface area contributed by atoms with Crippen LogP contribution in [0.4, 0.5) is 5.69 Å². The van der Waals surface area contributed by atoms with Crippen LogP contribution >= 0.6 is 11.6 Å². The summed E-state index contributed by atoms with van der Waals surface area (Å²) in [6.45, 7) is 0. The highest BCUT2D eigenvalue weighted by Gasteiger charge is 2.18. The summed E-state index contributed by atoms with van der Waals surface area (Å²) in [5.74, 6) is 0. The third kappa shape index (κ3) is 3.94. The molecular weight excluding hydrogens is 452 g/mol. The average Bonchev–Trinajstić information content (AvgIpc) is 3.24. The van der Waals surface area contributed by atoms with Gasteiger partial charge in [0.2, 0.25) is 0 Å². The number of benzene rings is 4. The van der Waals surface area contributed by atoms with Crippen molar-refractivity contribution in [1.29, 1.82) is 0 Å². The Morgan fingerprint density at radius 2 is 1.51 bits per heavy atom. The van der Waals surface area contributed by atoms with Gasteiger partial charge in [0.05, 0.1) is 28.6 Å². The molecule has 0 aliphatic carbocycles. The van der Waals surface area contributed by atoms with Crippen molar-refractivity contribution in [2.24, 2.45) is 5.10 Å². The maximum absolute atomic E-state index is 6.15. The number of hydrogen-bond acceptors (Lipinski definition) is 3. The molecule has 0 aliphatic heterocycles. The molecular formula is C30H21ClN4. The second-order valence-corrected chi connectivity index (χ2v) is 8.64. The van der Waals surface area contributed by atoms with Gasteiger partial charge in [-0.1, -0.05) is 78.3 Å². The summed E-state index contributed by atoms with van der Waals surface area (Å²) >= 11 is 6.15. The highest BCUT2D eigenvalue weighted by molar-refractivity contribution is 6.31. The predicted octanol–water partition coefficient (Wildman–Crippen LogP) is 7.95. The number of hydrazone groups is 1. The molecule has 1 N–H and O–H groups in total. The fraction of sp³-hybridized carbons (Fsp3) is 0. The second-order valence-electron chi connectivity index (χ2n) is 8.21. The molecule has 2 aromatic heterocycles. The first-order valence-corrected chi connectivity index (χ1v) is 11.7. The van der Waals surface area contributed by atoms with Gasteiger partial charge in [0.15, 0.2) is 0 Å². The number of para-hydroxylation sites is 2. The van der Waals surface area contributed by atoms with E-state index in [0.717, 1.165) is 50.0 Å². The minimum Gasteiger partial charge on any atom is -0.309 e. The average molecular weight is 473 g/mol. The van der Waals surface area contributed by atoms with E-state index in [2.05, 4.69) is 92.9 Å². The van der Waals surface area contributed by atoms with Crippen molar-refractivity contribution in [3.8, 4) is 16.9 Å². The quantitative estimate of drug-likeness (QED) is 0.204. The van der Waals surface area contributed by atoms with E-state index in [4.69, 9.17) is 11.6 Å². The fourth-order valence-corrected chi connectivity index (χ4v) is 4.67. The van der Waals surface area contributed by atoms with Crippen LogP contribution in [0.3, 0.4) is 0 Å². The first kappa shape index (κ1) is 21.1. The Kier molecular flexibility index (Phi) is 5.49. The summed E-state index contributed by atoms with van der Waals surface area (Å²) < 4.78 is 2.30. The highest BCUT2D eigenvalue weighted by atomic mass is 35.5. The van der Waals surface area contributed by atoms with Crippen molar-refractivity contribution in [3.05, 3.63) is 126 Å². The number of nitrogens with one attached hydrogen (secondary N) is 1. The predicted molar refractivity (Wildman–Crippen MR) is 147 cm³/mol. The van der Waals surface area contributed by atoms with Crippen LogP contribution in [0.2, 0.25) is 5.02 Å². The van der Waals surface area contributed by atoms with E-state index in [1.54, 1.807) is 6.20 Å². The topological polar surface area (TPSA) is 42.2 Å². The number of nitrogens with zero attached hydrogens (tertiary/aromatic N) is 3. The molecule has 2 heterocycles. The third-order valence-corrected chi connectivity index (χ3v) is 6.29. The number of halogens is 1. The molecule has 0 aliphatic rings. The number of aromatic nitrogens is 2. The van der Waals surface area contributed by atoms with Crippen LogP contribution in [0.1, 0.15) is 5.56 Å². The SMILES string of the molecule is Clc1ccc2c(N/N=C/c3c(-c4ccccc4)n(-c4ccccc4)c4ccccc34)ccnc2c1. The zero-order chi connectivity index (χ0) is 23.6. The lowest BCUT2D eigenvalue weighted by molar-refractivity contribution is 1.13. The Morgan fingerprint density at radius 3 is 2.34 bits per heavy atom. The Morgan fingerprint density at radius 1 is 0.771 bits per heavy atom. The molecule has 4 nitrogen and oxygen atoms in total. The van der Waals surface area contributed by atoms with Gasteiger partial charge >= 0.3 is 0 Å². The minimum atomic E-state index is 0.659. The molecule has 35 heavy (non-hydrogen) atoms. The number of anilines is 1. The summed E-state index contributed by atoms with van der Waals surface area (Å²) in [7, 11) is 0. The van der Waals surface area contributed by atoms with Crippen LogP contribution in [0.15, 0.2) is 120 Å². The molecule has 0 radical (unpaired) electrons. The van der Waals surface area contributed by atoms with E-state index >= 15 is 0 Å². The molecule has 0 unspecified atom stereocenters. The number of hydrogen-bond donors (Lipinski definition) is 1. The van der Waals surface area contributed by atoms with Gasteiger partial charge in [-0.2, -0.15) is 5.10 Å². The van der Waals surface area contributed by atoms with Gasteiger partial charge in [-0.3, -0.25) is 10.4 Å². The normalized spacial score (nSPS) is 11.5. The molecule has 6 aromatic rings. The maximum Gasteiger partial charge on any atom is 0.0738 e. The zero-order valence-corrected chi connectivity index (χ0v) is 19.5. The molecule has 0 atom stereocenters. The van der Waals surface area contributed by atoms with E-state index in [0.29, 0.717) is 5.02 Å². The highest BCUT2D eigenvalue weighted by Crippen LogP contribution is 2.35. The van der Waals surface area contributed by atoms with E-state index in [-0.39, 0.29) is 0 Å². The lowest BCUT2D eigenvalue weighted by atomic mass is 10.1. The molecule has 0 spiro atoms. The summed E-state index contributed by atoms with van der Waals surface area (Å²) in [6.07, 6.45) is 3.67. The first-order valence-electron chi connectivity index (χ1n) is 11.4. The van der Waals surface area contributed by atoms with Gasteiger partial charge in [0.1, 0.15) is 0 Å². The Hall–Kier alpha value is -4.41. The lowest BCUT2D eigenvalue weighted by Crippen LogP contribution is -1.98. The minimum absolute atomic E-state index is 0.659. The van der Waals surface area contributed by atoms with Crippen LogP contribution in [0.25, 0.3) is 38.8 Å². The standard InChI is InChI=1S/C30H21ClN4/c31-22-15-16-25-27(17-18-32-28(25)19-22)34-33-20-26-24-13-7-8-14-29(24)35(23-11-5-2-6-12-23)30(26)21-9-3-1-4-10-21/h1-20H,(H,32,34)/b33-20+. The third-order valence-electron chi connectivity index (χ3n) is 6.06. The van der Waals surface area contributed by atoms with Gasteiger partial charge in [-0.15, -0.1) is 0 Å². The first-order chi connectivity index (χ1) is 17.3. The summed E-state index contributed by atoms with van der Waals surface area (Å²) in [4.78, 5) is 4.42. The molecule has 0 saturated heterocycles. The molecule has 0 fully saturated rings. The van der Waals surface area contributed by atoms with Crippen LogP contribution < -0.4 is 5.43 Å². The van der Waals surface area contributed by atoms with Gasteiger partial charge in [0, 0.05) is 33.2 Å². The summed E-state index contributed by atoms with van der Waals surface area (Å²) in [5.41, 5.74) is 10.4. The van der Waals surface area contributed by atoms with Crippen LogP contribution in [-0.2, 0) is 0 Å². The van der Waals surface area contributed by atoms with E-state index in [9.17, 15) is 0 Å². The molecule has 4 aromatic carbocycles. The maximum atomic E-state index is 6.15. The second kappa shape index (κ2) is 9.09. The Bertz CT molecular complexity index is 1670. The van der Waals surface area contributed by atoms with Crippen LogP contribution in [-0.4, -0.2) is 15.8 Å². The molecule has 0 saturated carbocycles.